The average Bonchev–Trinajstić information content (AvgIpc) is 2.85. The van der Waals surface area contributed by atoms with Crippen LogP contribution in [0, 0.1) is 0 Å². The smallest absolute Gasteiger partial charge is 0.200 e. The van der Waals surface area contributed by atoms with Crippen LogP contribution < -0.4 is 21.3 Å². The lowest BCUT2D eigenvalue weighted by molar-refractivity contribution is 0.0975. The molecule has 0 saturated carbocycles. The molecule has 2 radical (unpaired) electrons. The number of carbonyl (C=O) groups excluding carboxylic acids is 2. The van der Waals surface area contributed by atoms with E-state index in [-0.39, 0.29) is 47.0 Å². The van der Waals surface area contributed by atoms with Crippen LogP contribution in [0.3, 0.4) is 0 Å². The fourth-order valence-electron chi connectivity index (χ4n) is 3.64. The summed E-state index contributed by atoms with van der Waals surface area (Å²) in [4.78, 5) is 26.7. The minimum Gasteiger partial charge on any atom is -0.507 e. The molecule has 3 rings (SSSR count). The summed E-state index contributed by atoms with van der Waals surface area (Å²) in [5.74, 6) is -1.86. The Morgan fingerprint density at radius 2 is 1.00 bits per heavy atom. The summed E-state index contributed by atoms with van der Waals surface area (Å²) in [6, 6.07) is 5.74. The van der Waals surface area contributed by atoms with Crippen molar-refractivity contribution < 1.29 is 30.0 Å². The second-order valence-electron chi connectivity index (χ2n) is 7.22. The van der Waals surface area contributed by atoms with E-state index in [0.29, 0.717) is 50.6 Å². The highest BCUT2D eigenvalue weighted by atomic mass is 16.3. The van der Waals surface area contributed by atoms with Crippen molar-refractivity contribution in [3.05, 3.63) is 46.5 Å². The molecular formula is C23H31BN4O6. The van der Waals surface area contributed by atoms with Crippen molar-refractivity contribution in [1.29, 1.82) is 0 Å². The number of fused-ring (bicyclic) bond motifs is 2. The first kappa shape index (κ1) is 27.1. The normalized spacial score (nSPS) is 11.9. The molecule has 1 aliphatic carbocycles. The lowest BCUT2D eigenvalue weighted by atomic mass is 9.81. The first-order chi connectivity index (χ1) is 16.5. The lowest BCUT2D eigenvalue weighted by Gasteiger charge is -2.25. The number of carbonyl (C=O) groups is 2. The Bertz CT molecular complexity index is 924. The van der Waals surface area contributed by atoms with Gasteiger partial charge in [-0.3, -0.25) is 9.59 Å². The maximum Gasteiger partial charge on any atom is 0.200 e. The van der Waals surface area contributed by atoms with Gasteiger partial charge in [-0.05, 0) is 24.3 Å². The Kier molecular flexibility index (Phi) is 10.8. The molecule has 10 nitrogen and oxygen atoms in total. The third kappa shape index (κ3) is 6.06. The molecule has 0 aliphatic heterocycles. The first-order valence-electron chi connectivity index (χ1n) is 11.0. The van der Waals surface area contributed by atoms with Crippen molar-refractivity contribution in [3.63, 3.8) is 0 Å². The van der Waals surface area contributed by atoms with E-state index in [0.717, 1.165) is 0 Å². The third-order valence-electron chi connectivity index (χ3n) is 5.09. The van der Waals surface area contributed by atoms with E-state index in [1.54, 1.807) is 12.1 Å². The molecule has 0 atom stereocenters. The Morgan fingerprint density at radius 1 is 0.618 bits per heavy atom. The summed E-state index contributed by atoms with van der Waals surface area (Å²) in [5.41, 5.74) is 0.678. The van der Waals surface area contributed by atoms with Gasteiger partial charge >= 0.3 is 0 Å². The summed E-state index contributed by atoms with van der Waals surface area (Å²) >= 11 is 0. The molecule has 0 bridgehead atoms. The van der Waals surface area contributed by atoms with Crippen molar-refractivity contribution in [2.75, 3.05) is 63.1 Å². The average molecular weight is 470 g/mol. The predicted octanol–water partition coefficient (Wildman–Crippen LogP) is 0.0638. The molecule has 8 N–H and O–H groups in total. The molecule has 34 heavy (non-hydrogen) atoms. The van der Waals surface area contributed by atoms with Crippen LogP contribution in [-0.2, 0) is 0 Å². The van der Waals surface area contributed by atoms with Crippen LogP contribution in [0.2, 0.25) is 6.82 Å². The summed E-state index contributed by atoms with van der Waals surface area (Å²) in [7, 11) is 4.50. The molecule has 0 amide bonds. The molecule has 0 fully saturated rings. The molecule has 0 unspecified atom stereocenters. The highest BCUT2D eigenvalue weighted by Gasteiger charge is 2.37. The topological polar surface area (TPSA) is 163 Å². The van der Waals surface area contributed by atoms with Crippen LogP contribution >= 0.6 is 0 Å². The molecule has 2 aromatic rings. The number of rotatable bonds is 12. The molecule has 0 aromatic heterocycles. The zero-order valence-corrected chi connectivity index (χ0v) is 19.1. The Labute approximate surface area is 199 Å². The number of aliphatic hydroxyl groups is 2. The van der Waals surface area contributed by atoms with E-state index in [1.807, 2.05) is 0 Å². The largest absolute Gasteiger partial charge is 0.507 e. The Balaban J connectivity index is 0.00000199. The highest BCUT2D eigenvalue weighted by Crippen LogP contribution is 2.42. The van der Waals surface area contributed by atoms with Crippen LogP contribution in [0.15, 0.2) is 24.3 Å². The fraction of sp³-hybridized carbons (Fsp3) is 0.391. The number of aliphatic hydroxyl groups excluding tert-OH is 2. The molecule has 1 aliphatic rings. The number of benzene rings is 2. The molecule has 2 aromatic carbocycles. The van der Waals surface area contributed by atoms with E-state index >= 15 is 0 Å². The zero-order chi connectivity index (χ0) is 25.1. The van der Waals surface area contributed by atoms with E-state index in [9.17, 15) is 19.8 Å². The van der Waals surface area contributed by atoms with Gasteiger partial charge in [0.15, 0.2) is 0 Å². The van der Waals surface area contributed by atoms with Gasteiger partial charge in [-0.1, -0.05) is 6.82 Å². The number of phenolic OH excluding ortho intramolecular Hbond substituents is 2. The first-order valence-corrected chi connectivity index (χ1v) is 11.0. The van der Waals surface area contributed by atoms with Gasteiger partial charge in [-0.2, -0.15) is 0 Å². The molecule has 0 spiro atoms. The van der Waals surface area contributed by atoms with E-state index in [1.165, 1.54) is 19.0 Å². The van der Waals surface area contributed by atoms with Gasteiger partial charge in [0.1, 0.15) is 11.5 Å². The summed E-state index contributed by atoms with van der Waals surface area (Å²) in [6.07, 6.45) is 0. The lowest BCUT2D eigenvalue weighted by Crippen LogP contribution is -2.28. The van der Waals surface area contributed by atoms with E-state index in [2.05, 4.69) is 29.1 Å². The number of aromatic hydroxyl groups is 2. The second kappa shape index (κ2) is 13.6. The van der Waals surface area contributed by atoms with Crippen LogP contribution in [0.4, 0.5) is 11.4 Å². The predicted molar refractivity (Wildman–Crippen MR) is 132 cm³/mol. The quantitative estimate of drug-likeness (QED) is 0.103. The number of ketones is 2. The summed E-state index contributed by atoms with van der Waals surface area (Å²) in [5, 5.41) is 50.6. The van der Waals surface area contributed by atoms with Gasteiger partial charge in [0.05, 0.1) is 43.3 Å². The SMILES string of the molecule is O=C1c2c(O)ccc(O)c2C(=O)c2c(NCCNCCO)ccc(NCCNCCO)c21.[B]C. The standard InChI is InChI=1S/C22H28N4O6.CH3B/c27-11-9-23-5-7-25-13-1-2-14(26-8-6-24-10-12-28)18-17(13)21(31)19-15(29)3-4-16(30)20(19)22(18)32;1-2/h1-4,23-30H,5-12H2;1H3. The highest BCUT2D eigenvalue weighted by molar-refractivity contribution is 6.33. The van der Waals surface area contributed by atoms with Crippen molar-refractivity contribution >= 4 is 30.8 Å². The minimum absolute atomic E-state index is 0.00939. The summed E-state index contributed by atoms with van der Waals surface area (Å²) < 4.78 is 0. The number of phenols is 2. The second-order valence-corrected chi connectivity index (χ2v) is 7.22. The van der Waals surface area contributed by atoms with Crippen molar-refractivity contribution in [1.82, 2.24) is 10.6 Å². The van der Waals surface area contributed by atoms with E-state index < -0.39 is 11.6 Å². The van der Waals surface area contributed by atoms with Gasteiger partial charge in [0.25, 0.3) is 0 Å². The Hall–Kier alpha value is -3.12. The van der Waals surface area contributed by atoms with Gasteiger partial charge < -0.3 is 41.7 Å². The molecule has 0 heterocycles. The number of nitrogens with one attached hydrogen (secondary N) is 4. The monoisotopic (exact) mass is 470 g/mol. The van der Waals surface area contributed by atoms with Crippen LogP contribution in [-0.4, -0.2) is 92.3 Å². The van der Waals surface area contributed by atoms with Gasteiger partial charge in [0, 0.05) is 50.6 Å². The number of hydrogen-bond donors (Lipinski definition) is 8. The summed E-state index contributed by atoms with van der Waals surface area (Å²) in [6.45, 7) is 4.31. The molecular weight excluding hydrogens is 439 g/mol. The third-order valence-corrected chi connectivity index (χ3v) is 5.09. The molecule has 182 valence electrons. The molecule has 0 saturated heterocycles. The van der Waals surface area contributed by atoms with Crippen LogP contribution in [0.1, 0.15) is 31.8 Å². The maximum absolute atomic E-state index is 13.4. The van der Waals surface area contributed by atoms with Crippen molar-refractivity contribution in [2.24, 2.45) is 0 Å². The van der Waals surface area contributed by atoms with Crippen molar-refractivity contribution in [2.45, 2.75) is 6.82 Å². The Morgan fingerprint density at radius 3 is 1.35 bits per heavy atom. The van der Waals surface area contributed by atoms with E-state index in [4.69, 9.17) is 10.2 Å². The van der Waals surface area contributed by atoms with Gasteiger partial charge in [-0.25, -0.2) is 0 Å². The zero-order valence-electron chi connectivity index (χ0n) is 19.1. The number of hydrogen-bond acceptors (Lipinski definition) is 10. The van der Waals surface area contributed by atoms with Crippen LogP contribution in [0.5, 0.6) is 11.5 Å². The molecule has 11 heteroatoms. The maximum atomic E-state index is 13.4. The van der Waals surface area contributed by atoms with Crippen LogP contribution in [0.25, 0.3) is 0 Å². The fourth-order valence-corrected chi connectivity index (χ4v) is 3.64. The van der Waals surface area contributed by atoms with Gasteiger partial charge in [-0.15, -0.1) is 0 Å². The van der Waals surface area contributed by atoms with Crippen molar-refractivity contribution in [3.8, 4) is 11.5 Å². The minimum atomic E-state index is -0.559. The number of anilines is 2. The van der Waals surface area contributed by atoms with Gasteiger partial charge in [0.2, 0.25) is 11.6 Å².